The third-order valence-electron chi connectivity index (χ3n) is 16.4. The monoisotopic (exact) mass is 1010 g/mol. The number of carbonyl (C=O) groups is 1. The highest BCUT2D eigenvalue weighted by atomic mass is 28.3. The highest BCUT2D eigenvalue weighted by Crippen LogP contribution is 2.46. The van der Waals surface area contributed by atoms with E-state index in [1.54, 1.807) is 25.4 Å². The molecule has 0 aliphatic carbocycles. The molecule has 0 spiro atoms. The van der Waals surface area contributed by atoms with Crippen LogP contribution in [0.4, 0.5) is 29.5 Å². The fraction of sp³-hybridized carbons (Fsp3) is 0.431. The number of fused-ring (bicyclic) bond motifs is 5. The molecule has 4 saturated heterocycles. The van der Waals surface area contributed by atoms with Gasteiger partial charge in [-0.15, -0.1) is 5.54 Å². The van der Waals surface area contributed by atoms with Crippen LogP contribution in [0.1, 0.15) is 90.3 Å². The number of carboxylic acid groups (broad SMARTS) is 1. The summed E-state index contributed by atoms with van der Waals surface area (Å²) in [7, 11) is -0.846. The van der Waals surface area contributed by atoms with Gasteiger partial charge in [-0.05, 0) is 72.4 Å². The maximum absolute atomic E-state index is 18.4. The fourth-order valence-electron chi connectivity index (χ4n) is 13.2. The largest absolute Gasteiger partial charge is 0.465 e. The average Bonchev–Trinajstić information content (AvgIpc) is 3.98. The van der Waals surface area contributed by atoms with Crippen LogP contribution in [0, 0.1) is 23.1 Å². The van der Waals surface area contributed by atoms with Crippen molar-refractivity contribution in [1.82, 2.24) is 24.8 Å². The summed E-state index contributed by atoms with van der Waals surface area (Å²) in [5, 5.41) is 11.7. The third-order valence-corrected chi connectivity index (χ3v) is 22.7. The first-order chi connectivity index (χ1) is 35.1. The molecule has 10 rings (SSSR count). The highest BCUT2D eigenvalue weighted by Gasteiger charge is 2.55. The van der Waals surface area contributed by atoms with Crippen molar-refractivity contribution in [3.8, 4) is 28.7 Å². The van der Waals surface area contributed by atoms with Gasteiger partial charge >= 0.3 is 12.1 Å². The second-order valence-corrected chi connectivity index (χ2v) is 27.2. The topological polar surface area (TPSA) is 117 Å². The molecule has 380 valence electrons. The molecule has 0 radical (unpaired) electrons. The van der Waals surface area contributed by atoms with Gasteiger partial charge in [0.25, 0.3) is 0 Å². The van der Waals surface area contributed by atoms with E-state index >= 15 is 13.2 Å². The van der Waals surface area contributed by atoms with Crippen molar-refractivity contribution in [3.63, 3.8) is 0 Å². The van der Waals surface area contributed by atoms with Crippen LogP contribution in [-0.2, 0) is 4.74 Å². The van der Waals surface area contributed by atoms with E-state index in [0.717, 1.165) is 30.5 Å². The number of hydrogen-bond donors (Lipinski definition) is 1. The van der Waals surface area contributed by atoms with E-state index < -0.39 is 43.1 Å². The molecule has 1 amide bonds. The second kappa shape index (κ2) is 19.8. The van der Waals surface area contributed by atoms with Crippen LogP contribution < -0.4 is 9.64 Å². The van der Waals surface area contributed by atoms with E-state index in [-0.39, 0.29) is 82.7 Å². The van der Waals surface area contributed by atoms with Crippen molar-refractivity contribution in [1.29, 1.82) is 0 Å². The molecule has 4 atom stereocenters. The molecule has 11 nitrogen and oxygen atoms in total. The van der Waals surface area contributed by atoms with Crippen LogP contribution in [-0.4, -0.2) is 120 Å². The Morgan fingerprint density at radius 2 is 1.60 bits per heavy atom. The number of aliphatic imine (C=N–C) groups is 1. The van der Waals surface area contributed by atoms with E-state index in [9.17, 15) is 9.90 Å². The van der Waals surface area contributed by atoms with Gasteiger partial charge in [0.05, 0.1) is 46.1 Å². The Balaban J connectivity index is 1.21. The van der Waals surface area contributed by atoms with Gasteiger partial charge in [0.1, 0.15) is 43.7 Å². The van der Waals surface area contributed by atoms with Crippen LogP contribution in [0.25, 0.3) is 32.9 Å². The highest BCUT2D eigenvalue weighted by molar-refractivity contribution is 6.90. The van der Waals surface area contributed by atoms with Crippen LogP contribution in [0.2, 0.25) is 16.6 Å². The van der Waals surface area contributed by atoms with Crippen molar-refractivity contribution in [3.05, 3.63) is 119 Å². The summed E-state index contributed by atoms with van der Waals surface area (Å²) in [6.07, 6.45) is 2.66. The number of amides is 1. The second-order valence-electron chi connectivity index (χ2n) is 21.6. The normalized spacial score (nSPS) is 21.9. The molecular weight excluding hydrogens is 944 g/mol. The van der Waals surface area contributed by atoms with Crippen LogP contribution in [0.5, 0.6) is 6.01 Å². The van der Waals surface area contributed by atoms with E-state index in [0.29, 0.717) is 53.8 Å². The number of rotatable bonds is 13. The van der Waals surface area contributed by atoms with Crippen LogP contribution in [0.15, 0.2) is 96.1 Å². The number of anilines is 1. The zero-order valence-corrected chi connectivity index (χ0v) is 43.8. The SMILES string of the molecule is COC[C@@]12CC[C@@H](CN(c3nc(OC[C@@]45CCCN4C[C@H](F)C5)nc4c(F)c(-c5cc(N=C(c6ccccc6)c6ccccc6)cc6ccc(F)c(C#C[Si](C(C)C)(C(C)C)C(C)C)c56)ncc34)C1)N2C(=O)O. The molecule has 0 saturated carbocycles. The molecule has 6 heterocycles. The molecular formula is C58H64F3N7O4Si. The molecule has 2 aromatic heterocycles. The minimum atomic E-state index is -2.40. The first-order valence-electron chi connectivity index (χ1n) is 25.7. The fourth-order valence-corrected chi connectivity index (χ4v) is 18.4. The first-order valence-corrected chi connectivity index (χ1v) is 27.9. The maximum Gasteiger partial charge on any atom is 0.408 e. The molecule has 1 N–H and O–H groups in total. The van der Waals surface area contributed by atoms with Crippen molar-refractivity contribution >= 4 is 53.1 Å². The summed E-state index contributed by atoms with van der Waals surface area (Å²) in [6, 6.07) is 25.9. The van der Waals surface area contributed by atoms with Gasteiger partial charge in [-0.25, -0.2) is 23.0 Å². The minimum Gasteiger partial charge on any atom is -0.465 e. The lowest BCUT2D eigenvalue weighted by Gasteiger charge is -2.47. The van der Waals surface area contributed by atoms with Gasteiger partial charge in [0.2, 0.25) is 0 Å². The third kappa shape index (κ3) is 8.92. The van der Waals surface area contributed by atoms with E-state index in [2.05, 4.69) is 57.9 Å². The quantitative estimate of drug-likeness (QED) is 0.0686. The molecule has 4 aromatic carbocycles. The van der Waals surface area contributed by atoms with Gasteiger partial charge in [0.15, 0.2) is 5.82 Å². The lowest BCUT2D eigenvalue weighted by atomic mass is 9.94. The van der Waals surface area contributed by atoms with Gasteiger partial charge in [-0.2, -0.15) is 9.97 Å². The Morgan fingerprint density at radius 1 is 0.904 bits per heavy atom. The number of pyridine rings is 1. The number of nitrogens with zero attached hydrogens (tertiary/aromatic N) is 7. The number of aromatic nitrogens is 3. The molecule has 6 aromatic rings. The van der Waals surface area contributed by atoms with Crippen LogP contribution >= 0.6 is 0 Å². The zero-order chi connectivity index (χ0) is 51.4. The summed E-state index contributed by atoms with van der Waals surface area (Å²) in [5.74, 6) is 2.41. The molecule has 4 aliphatic rings. The van der Waals surface area contributed by atoms with Crippen molar-refractivity contribution in [2.24, 2.45) is 4.99 Å². The van der Waals surface area contributed by atoms with Gasteiger partial charge in [-0.3, -0.25) is 14.8 Å². The standard InChI is InChI=1S/C58H64F3N7O4Si/c1-36(2)73(37(3)4,38(5)6)26-22-45-48(60)20-19-41-27-43(63-51(39-15-10-8-11-16-39)40-17-12-9-13-18-40)28-46(49(41)45)52-50(61)53-47(30-62-52)54(66-32-44-21-24-58(33-66,34-71-7)68(44)56(69)70)65-55(64-53)72-35-57-23-14-25-67(57)31-42(59)29-57/h8-13,15-20,27-28,30,36-38,42,44H,14,21,23-25,29,31-35H2,1-7H3,(H,69,70)/t42-,44+,57+,58-/m1/s1. The number of halogens is 3. The number of hydrogen-bond acceptors (Lipinski definition) is 9. The number of alkyl halides is 1. The van der Waals surface area contributed by atoms with Gasteiger partial charge in [0, 0.05) is 61.4 Å². The Hall–Kier alpha value is -6.34. The smallest absolute Gasteiger partial charge is 0.408 e. The Morgan fingerprint density at radius 3 is 2.26 bits per heavy atom. The lowest BCUT2D eigenvalue weighted by molar-refractivity contribution is 0.0178. The van der Waals surface area contributed by atoms with Crippen molar-refractivity contribution in [2.45, 2.75) is 114 Å². The van der Waals surface area contributed by atoms with E-state index in [1.807, 2.05) is 71.6 Å². The summed E-state index contributed by atoms with van der Waals surface area (Å²) < 4.78 is 62.5. The Kier molecular flexibility index (Phi) is 13.6. The predicted molar refractivity (Wildman–Crippen MR) is 285 cm³/mol. The Bertz CT molecular complexity index is 3100. The van der Waals surface area contributed by atoms with Crippen molar-refractivity contribution in [2.75, 3.05) is 51.4 Å². The lowest BCUT2D eigenvalue weighted by Crippen LogP contribution is -2.65. The average molecular weight is 1010 g/mol. The Labute approximate surface area is 426 Å². The molecule has 0 unspecified atom stereocenters. The summed E-state index contributed by atoms with van der Waals surface area (Å²) in [6.45, 7) is 15.1. The summed E-state index contributed by atoms with van der Waals surface area (Å²) >= 11 is 0. The molecule has 73 heavy (non-hydrogen) atoms. The van der Waals surface area contributed by atoms with E-state index in [4.69, 9.17) is 29.4 Å². The molecule has 4 aliphatic heterocycles. The van der Waals surface area contributed by atoms with Gasteiger partial charge in [-0.1, -0.05) is 114 Å². The number of piperazine rings is 1. The van der Waals surface area contributed by atoms with Gasteiger partial charge < -0.3 is 19.5 Å². The number of benzene rings is 4. The first kappa shape index (κ1) is 50.2. The van der Waals surface area contributed by atoms with Crippen molar-refractivity contribution < 1.29 is 32.5 Å². The molecule has 4 fully saturated rings. The predicted octanol–water partition coefficient (Wildman–Crippen LogP) is 12.2. The maximum atomic E-state index is 18.4. The number of ether oxygens (including phenoxy) is 2. The number of methoxy groups -OCH3 is 1. The minimum absolute atomic E-state index is 0.0828. The van der Waals surface area contributed by atoms with E-state index in [1.165, 1.54) is 11.0 Å². The molecule has 2 bridgehead atoms. The van der Waals surface area contributed by atoms with Crippen LogP contribution in [0.3, 0.4) is 0 Å². The zero-order valence-electron chi connectivity index (χ0n) is 42.8. The molecule has 15 heteroatoms. The summed E-state index contributed by atoms with van der Waals surface area (Å²) in [5.41, 5.74) is 6.26. The summed E-state index contributed by atoms with van der Waals surface area (Å²) in [4.78, 5) is 38.4.